The second-order valence-corrected chi connectivity index (χ2v) is 4.95. The Kier molecular flexibility index (Phi) is 5.41. The molecule has 0 radical (unpaired) electrons. The van der Waals surface area contributed by atoms with Crippen molar-refractivity contribution in [3.63, 3.8) is 0 Å². The van der Waals surface area contributed by atoms with Crippen molar-refractivity contribution in [3.8, 4) is 5.75 Å². The van der Waals surface area contributed by atoms with E-state index in [4.69, 9.17) is 4.74 Å². The highest BCUT2D eigenvalue weighted by atomic mass is 79.9. The molecular weight excluding hydrogens is 291 g/mol. The highest BCUT2D eigenvalue weighted by molar-refractivity contribution is 9.09. The fourth-order valence-corrected chi connectivity index (χ4v) is 1.63. The summed E-state index contributed by atoms with van der Waals surface area (Å²) in [7, 11) is 0. The molecule has 0 aliphatic carbocycles. The number of phenols is 1. The number of carbonyl (C=O) groups is 1. The quantitative estimate of drug-likeness (QED) is 0.671. The number of ether oxygens (including phenoxy) is 1. The molecule has 1 aromatic rings. The van der Waals surface area contributed by atoms with Crippen LogP contribution in [-0.4, -0.2) is 16.1 Å². The normalized spacial score (nSPS) is 12.2. The number of aryl methyl sites for hydroxylation is 1. The van der Waals surface area contributed by atoms with Gasteiger partial charge in [-0.3, -0.25) is 4.79 Å². The minimum absolute atomic E-state index is 0.0497. The van der Waals surface area contributed by atoms with Gasteiger partial charge in [-0.05, 0) is 59.5 Å². The van der Waals surface area contributed by atoms with Crippen molar-refractivity contribution < 1.29 is 19.0 Å². The highest BCUT2D eigenvalue weighted by Gasteiger charge is 2.08. The number of esters is 1. The van der Waals surface area contributed by atoms with Gasteiger partial charge in [0.2, 0.25) is 0 Å². The Labute approximate surface area is 108 Å². The standard InChI is InChI=1S/C12H14BrFO3/c1-8(13)17-12(16)4-2-3-9-7-10(14)5-6-11(9)15/h5-8,15H,2-4H2,1H3. The van der Waals surface area contributed by atoms with Crippen LogP contribution in [0.1, 0.15) is 25.3 Å². The first kappa shape index (κ1) is 14.0. The van der Waals surface area contributed by atoms with Crippen LogP contribution in [-0.2, 0) is 16.0 Å². The molecule has 0 saturated carbocycles. The van der Waals surface area contributed by atoms with Gasteiger partial charge in [-0.1, -0.05) is 0 Å². The first-order valence-corrected chi connectivity index (χ1v) is 6.21. The topological polar surface area (TPSA) is 46.5 Å². The van der Waals surface area contributed by atoms with E-state index in [-0.39, 0.29) is 23.2 Å². The van der Waals surface area contributed by atoms with E-state index in [1.54, 1.807) is 6.92 Å². The number of aromatic hydroxyl groups is 1. The second kappa shape index (κ2) is 6.59. The van der Waals surface area contributed by atoms with Crippen LogP contribution in [0.15, 0.2) is 18.2 Å². The van der Waals surface area contributed by atoms with Gasteiger partial charge in [0, 0.05) is 6.42 Å². The lowest BCUT2D eigenvalue weighted by Gasteiger charge is -2.07. The zero-order chi connectivity index (χ0) is 12.8. The van der Waals surface area contributed by atoms with E-state index in [1.165, 1.54) is 18.2 Å². The Hall–Kier alpha value is -1.10. The highest BCUT2D eigenvalue weighted by Crippen LogP contribution is 2.20. The lowest BCUT2D eigenvalue weighted by molar-refractivity contribution is -0.144. The molecule has 1 unspecified atom stereocenters. The van der Waals surface area contributed by atoms with Crippen LogP contribution in [0, 0.1) is 5.82 Å². The number of hydrogen-bond acceptors (Lipinski definition) is 3. The van der Waals surface area contributed by atoms with E-state index in [0.29, 0.717) is 18.4 Å². The summed E-state index contributed by atoms with van der Waals surface area (Å²) in [5.74, 6) is -0.659. The van der Waals surface area contributed by atoms with Crippen molar-refractivity contribution >= 4 is 21.9 Å². The third kappa shape index (κ3) is 5.17. The Balaban J connectivity index is 2.40. The molecule has 94 valence electrons. The van der Waals surface area contributed by atoms with Gasteiger partial charge in [-0.25, -0.2) is 4.39 Å². The molecule has 1 aromatic carbocycles. The maximum Gasteiger partial charge on any atom is 0.306 e. The van der Waals surface area contributed by atoms with Crippen molar-refractivity contribution in [2.45, 2.75) is 31.2 Å². The Morgan fingerprint density at radius 2 is 2.29 bits per heavy atom. The number of alkyl halides is 1. The van der Waals surface area contributed by atoms with Crippen LogP contribution < -0.4 is 0 Å². The minimum Gasteiger partial charge on any atom is -0.508 e. The van der Waals surface area contributed by atoms with Gasteiger partial charge in [0.1, 0.15) is 11.6 Å². The number of hydrogen-bond donors (Lipinski definition) is 1. The van der Waals surface area contributed by atoms with Crippen LogP contribution >= 0.6 is 15.9 Å². The Morgan fingerprint density at radius 1 is 1.59 bits per heavy atom. The summed E-state index contributed by atoms with van der Waals surface area (Å²) in [5, 5.41) is 9.15. The van der Waals surface area contributed by atoms with Crippen LogP contribution in [0.25, 0.3) is 0 Å². The molecule has 17 heavy (non-hydrogen) atoms. The van der Waals surface area contributed by atoms with Gasteiger partial charge in [0.15, 0.2) is 5.01 Å². The van der Waals surface area contributed by atoms with Crippen molar-refractivity contribution in [2.75, 3.05) is 0 Å². The molecule has 1 rings (SSSR count). The van der Waals surface area contributed by atoms with Gasteiger partial charge >= 0.3 is 5.97 Å². The first-order valence-electron chi connectivity index (χ1n) is 5.30. The molecule has 3 nitrogen and oxygen atoms in total. The number of rotatable bonds is 5. The molecule has 0 saturated heterocycles. The van der Waals surface area contributed by atoms with Gasteiger partial charge in [-0.2, -0.15) is 0 Å². The Bertz CT molecular complexity index is 393. The largest absolute Gasteiger partial charge is 0.508 e. The lowest BCUT2D eigenvalue weighted by atomic mass is 10.1. The molecule has 0 aliphatic heterocycles. The first-order chi connectivity index (χ1) is 7.99. The molecule has 0 spiro atoms. The monoisotopic (exact) mass is 304 g/mol. The lowest BCUT2D eigenvalue weighted by Crippen LogP contribution is -2.09. The molecule has 0 heterocycles. The molecule has 0 aliphatic rings. The average molecular weight is 305 g/mol. The van der Waals surface area contributed by atoms with Gasteiger partial charge in [-0.15, -0.1) is 0 Å². The number of carbonyl (C=O) groups excluding carboxylic acids is 1. The minimum atomic E-state index is -0.394. The molecule has 0 aromatic heterocycles. The maximum atomic E-state index is 12.9. The summed E-state index contributed by atoms with van der Waals surface area (Å²) in [6, 6.07) is 3.77. The van der Waals surface area contributed by atoms with Crippen LogP contribution in [0.5, 0.6) is 5.75 Å². The summed E-state index contributed by atoms with van der Waals surface area (Å²) in [6.07, 6.45) is 1.19. The maximum absolute atomic E-state index is 12.9. The fourth-order valence-electron chi connectivity index (χ4n) is 1.42. The van der Waals surface area contributed by atoms with Crippen molar-refractivity contribution in [1.82, 2.24) is 0 Å². The second-order valence-electron chi connectivity index (χ2n) is 3.66. The van der Waals surface area contributed by atoms with E-state index in [9.17, 15) is 14.3 Å². The zero-order valence-electron chi connectivity index (χ0n) is 9.45. The molecule has 1 N–H and O–H groups in total. The number of halogens is 2. The van der Waals surface area contributed by atoms with E-state index < -0.39 is 5.82 Å². The SMILES string of the molecule is CC(Br)OC(=O)CCCc1cc(F)ccc1O. The third-order valence-corrected chi connectivity index (χ3v) is 2.35. The molecule has 5 heteroatoms. The molecular formula is C12H14BrFO3. The van der Waals surface area contributed by atoms with Crippen molar-refractivity contribution in [1.29, 1.82) is 0 Å². The van der Waals surface area contributed by atoms with Crippen LogP contribution in [0.3, 0.4) is 0 Å². The molecule has 1 atom stereocenters. The summed E-state index contributed by atoms with van der Waals surface area (Å²) in [4.78, 5) is 11.2. The van der Waals surface area contributed by atoms with Gasteiger partial charge in [0.05, 0.1) is 0 Å². The summed E-state index contributed by atoms with van der Waals surface area (Å²) in [6.45, 7) is 1.70. The number of benzene rings is 1. The summed E-state index contributed by atoms with van der Waals surface area (Å²) in [5.41, 5.74) is 0.504. The van der Waals surface area contributed by atoms with Crippen molar-refractivity contribution in [3.05, 3.63) is 29.6 Å². The molecule has 0 fully saturated rings. The zero-order valence-corrected chi connectivity index (χ0v) is 11.0. The van der Waals surface area contributed by atoms with E-state index in [1.807, 2.05) is 0 Å². The smallest absolute Gasteiger partial charge is 0.306 e. The summed E-state index contributed by atoms with van der Waals surface area (Å²) < 4.78 is 17.8. The van der Waals surface area contributed by atoms with Gasteiger partial charge < -0.3 is 9.84 Å². The predicted octanol–water partition coefficient (Wildman–Crippen LogP) is 3.14. The van der Waals surface area contributed by atoms with Gasteiger partial charge in [0.25, 0.3) is 0 Å². The molecule has 0 amide bonds. The van der Waals surface area contributed by atoms with Crippen LogP contribution in [0.4, 0.5) is 4.39 Å². The third-order valence-electron chi connectivity index (χ3n) is 2.16. The fraction of sp³-hybridized carbons (Fsp3) is 0.417. The average Bonchev–Trinajstić information content (AvgIpc) is 2.22. The molecule has 0 bridgehead atoms. The van der Waals surface area contributed by atoms with E-state index in [2.05, 4.69) is 15.9 Å². The van der Waals surface area contributed by atoms with Crippen LogP contribution in [0.2, 0.25) is 0 Å². The van der Waals surface area contributed by atoms with E-state index >= 15 is 0 Å². The van der Waals surface area contributed by atoms with E-state index in [0.717, 1.165) is 0 Å². The number of phenolic OH excluding ortho intramolecular Hbond substituents is 1. The summed E-state index contributed by atoms with van der Waals surface area (Å²) >= 11 is 3.10. The predicted molar refractivity (Wildman–Crippen MR) is 65.5 cm³/mol. The van der Waals surface area contributed by atoms with Crippen molar-refractivity contribution in [2.24, 2.45) is 0 Å². The Morgan fingerprint density at radius 3 is 2.94 bits per heavy atom.